The lowest BCUT2D eigenvalue weighted by Gasteiger charge is -2.57. The highest BCUT2D eigenvalue weighted by Crippen LogP contribution is 2.53. The maximum absolute atomic E-state index is 12.8. The SMILES string of the molecule is CCO[C@@H]1C[C@H](NC(=O)c2ncoc2[C@@H]2CCCO2)C12CCCCC2. The van der Waals surface area contributed by atoms with Crippen LogP contribution < -0.4 is 5.32 Å². The minimum absolute atomic E-state index is 0.109. The number of ether oxygens (including phenoxy) is 2. The zero-order valence-electron chi connectivity index (χ0n) is 15.0. The number of amides is 1. The molecule has 0 aromatic carbocycles. The van der Waals surface area contributed by atoms with Crippen LogP contribution in [0.3, 0.4) is 0 Å². The minimum atomic E-state index is -0.135. The van der Waals surface area contributed by atoms with Gasteiger partial charge in [0, 0.05) is 24.7 Å². The molecular formula is C19H28N2O4. The van der Waals surface area contributed by atoms with E-state index in [1.807, 2.05) is 6.92 Å². The van der Waals surface area contributed by atoms with Crippen LogP contribution in [-0.4, -0.2) is 36.3 Å². The molecular weight excluding hydrogens is 320 g/mol. The first-order chi connectivity index (χ1) is 12.2. The van der Waals surface area contributed by atoms with E-state index >= 15 is 0 Å². The van der Waals surface area contributed by atoms with Gasteiger partial charge in [-0.2, -0.15) is 0 Å². The van der Waals surface area contributed by atoms with Crippen LogP contribution in [-0.2, 0) is 9.47 Å². The van der Waals surface area contributed by atoms with E-state index in [2.05, 4.69) is 10.3 Å². The fourth-order valence-corrected chi connectivity index (χ4v) is 4.93. The number of hydrogen-bond acceptors (Lipinski definition) is 5. The Bertz CT molecular complexity index is 602. The van der Waals surface area contributed by atoms with E-state index in [9.17, 15) is 4.79 Å². The molecule has 3 fully saturated rings. The van der Waals surface area contributed by atoms with E-state index < -0.39 is 0 Å². The Morgan fingerprint density at radius 3 is 2.92 bits per heavy atom. The second kappa shape index (κ2) is 7.08. The molecule has 0 unspecified atom stereocenters. The molecule has 1 saturated heterocycles. The number of carbonyl (C=O) groups is 1. The first-order valence-electron chi connectivity index (χ1n) is 9.72. The summed E-state index contributed by atoms with van der Waals surface area (Å²) >= 11 is 0. The lowest BCUT2D eigenvalue weighted by atomic mass is 9.55. The van der Waals surface area contributed by atoms with Gasteiger partial charge in [0.25, 0.3) is 5.91 Å². The highest BCUT2D eigenvalue weighted by atomic mass is 16.5. The number of rotatable bonds is 5. The van der Waals surface area contributed by atoms with Gasteiger partial charge in [0.15, 0.2) is 17.8 Å². The molecule has 4 rings (SSSR count). The van der Waals surface area contributed by atoms with Gasteiger partial charge in [-0.15, -0.1) is 0 Å². The third kappa shape index (κ3) is 2.99. The molecule has 1 aliphatic heterocycles. The van der Waals surface area contributed by atoms with Gasteiger partial charge in [0.2, 0.25) is 0 Å². The second-order valence-corrected chi connectivity index (χ2v) is 7.57. The molecule has 1 spiro atoms. The van der Waals surface area contributed by atoms with E-state index in [0.717, 1.165) is 38.7 Å². The van der Waals surface area contributed by atoms with Gasteiger partial charge in [0.1, 0.15) is 6.10 Å². The third-order valence-corrected chi connectivity index (χ3v) is 6.27. The van der Waals surface area contributed by atoms with Gasteiger partial charge in [-0.1, -0.05) is 19.3 Å². The highest BCUT2D eigenvalue weighted by molar-refractivity contribution is 5.93. The molecule has 0 radical (unpaired) electrons. The summed E-state index contributed by atoms with van der Waals surface area (Å²) in [6, 6.07) is 0.172. The van der Waals surface area contributed by atoms with E-state index in [1.165, 1.54) is 25.7 Å². The zero-order valence-corrected chi connectivity index (χ0v) is 15.0. The molecule has 2 heterocycles. The number of aromatic nitrogens is 1. The molecule has 1 aromatic heterocycles. The predicted octanol–water partition coefficient (Wildman–Crippen LogP) is 3.38. The average molecular weight is 348 g/mol. The van der Waals surface area contributed by atoms with Crippen molar-refractivity contribution in [3.8, 4) is 0 Å². The molecule has 6 nitrogen and oxygen atoms in total. The summed E-state index contributed by atoms with van der Waals surface area (Å²) in [6.45, 7) is 3.50. The smallest absolute Gasteiger partial charge is 0.273 e. The number of nitrogens with zero attached hydrogens (tertiary/aromatic N) is 1. The van der Waals surface area contributed by atoms with Crippen LogP contribution in [0.4, 0.5) is 0 Å². The maximum atomic E-state index is 12.8. The van der Waals surface area contributed by atoms with Gasteiger partial charge < -0.3 is 19.2 Å². The predicted molar refractivity (Wildman–Crippen MR) is 91.2 cm³/mol. The summed E-state index contributed by atoms with van der Waals surface area (Å²) < 4.78 is 17.1. The van der Waals surface area contributed by atoms with Gasteiger partial charge >= 0.3 is 0 Å². The summed E-state index contributed by atoms with van der Waals surface area (Å²) in [5.74, 6) is 0.442. The van der Waals surface area contributed by atoms with Crippen LogP contribution in [0.5, 0.6) is 0 Å². The lowest BCUT2D eigenvalue weighted by Crippen LogP contribution is -2.65. The number of carbonyl (C=O) groups excluding carboxylic acids is 1. The Labute approximate surface area is 148 Å². The maximum Gasteiger partial charge on any atom is 0.273 e. The van der Waals surface area contributed by atoms with Crippen molar-refractivity contribution in [1.82, 2.24) is 10.3 Å². The molecule has 3 aliphatic rings. The van der Waals surface area contributed by atoms with Crippen molar-refractivity contribution in [3.63, 3.8) is 0 Å². The van der Waals surface area contributed by atoms with Crippen molar-refractivity contribution in [1.29, 1.82) is 0 Å². The normalized spacial score (nSPS) is 31.0. The monoisotopic (exact) mass is 348 g/mol. The summed E-state index contributed by atoms with van der Waals surface area (Å²) in [7, 11) is 0. The summed E-state index contributed by atoms with van der Waals surface area (Å²) in [5.41, 5.74) is 0.496. The standard InChI is InChI=1S/C19H28N2O4/c1-2-23-15-11-14(19(15)8-4-3-5-9-19)21-18(22)16-17(25-12-20-16)13-7-6-10-24-13/h12-15H,2-11H2,1H3,(H,21,22)/t13-,14-,15+/m0/s1. The summed E-state index contributed by atoms with van der Waals surface area (Å²) in [6.07, 6.45) is 10.3. The molecule has 1 amide bonds. The molecule has 0 bridgehead atoms. The largest absolute Gasteiger partial charge is 0.445 e. The van der Waals surface area contributed by atoms with E-state index in [1.54, 1.807) is 0 Å². The second-order valence-electron chi connectivity index (χ2n) is 7.57. The topological polar surface area (TPSA) is 73.6 Å². The van der Waals surface area contributed by atoms with Crippen molar-refractivity contribution in [2.75, 3.05) is 13.2 Å². The van der Waals surface area contributed by atoms with Gasteiger partial charge in [-0.25, -0.2) is 4.98 Å². The van der Waals surface area contributed by atoms with Crippen molar-refractivity contribution in [2.24, 2.45) is 5.41 Å². The first-order valence-corrected chi connectivity index (χ1v) is 9.72. The summed E-state index contributed by atoms with van der Waals surface area (Å²) in [4.78, 5) is 17.0. The molecule has 2 aliphatic carbocycles. The van der Waals surface area contributed by atoms with Crippen LogP contribution in [0.1, 0.15) is 80.6 Å². The van der Waals surface area contributed by atoms with Crippen LogP contribution in [0, 0.1) is 5.41 Å². The zero-order chi connectivity index (χ0) is 17.3. The number of hydrogen-bond donors (Lipinski definition) is 1. The minimum Gasteiger partial charge on any atom is -0.445 e. The van der Waals surface area contributed by atoms with Crippen molar-refractivity contribution in [3.05, 3.63) is 17.8 Å². The van der Waals surface area contributed by atoms with E-state index in [-0.39, 0.29) is 29.6 Å². The molecule has 3 atom stereocenters. The van der Waals surface area contributed by atoms with Crippen molar-refractivity contribution in [2.45, 2.75) is 76.5 Å². The lowest BCUT2D eigenvalue weighted by molar-refractivity contribution is -0.147. The first kappa shape index (κ1) is 17.0. The molecule has 138 valence electrons. The Kier molecular flexibility index (Phi) is 4.82. The fraction of sp³-hybridized carbons (Fsp3) is 0.789. The van der Waals surface area contributed by atoms with Crippen molar-refractivity contribution >= 4 is 5.91 Å². The van der Waals surface area contributed by atoms with Crippen LogP contribution >= 0.6 is 0 Å². The molecule has 1 N–H and O–H groups in total. The number of nitrogens with one attached hydrogen (secondary N) is 1. The average Bonchev–Trinajstić information content (AvgIpc) is 3.32. The Morgan fingerprint density at radius 2 is 2.20 bits per heavy atom. The van der Waals surface area contributed by atoms with E-state index in [0.29, 0.717) is 18.1 Å². The van der Waals surface area contributed by atoms with Gasteiger partial charge in [-0.3, -0.25) is 4.79 Å². The quantitative estimate of drug-likeness (QED) is 0.883. The third-order valence-electron chi connectivity index (χ3n) is 6.27. The molecule has 25 heavy (non-hydrogen) atoms. The summed E-state index contributed by atoms with van der Waals surface area (Å²) in [5, 5.41) is 3.23. The molecule has 1 aromatic rings. The highest BCUT2D eigenvalue weighted by Gasteiger charge is 2.56. The Morgan fingerprint density at radius 1 is 1.36 bits per heavy atom. The molecule has 2 saturated carbocycles. The van der Waals surface area contributed by atoms with Crippen LogP contribution in [0.15, 0.2) is 10.8 Å². The Hall–Kier alpha value is -1.40. The van der Waals surface area contributed by atoms with E-state index in [4.69, 9.17) is 13.9 Å². The Balaban J connectivity index is 1.46. The van der Waals surface area contributed by atoms with Gasteiger partial charge in [0.05, 0.1) is 6.10 Å². The van der Waals surface area contributed by atoms with Crippen LogP contribution in [0.25, 0.3) is 0 Å². The van der Waals surface area contributed by atoms with Crippen LogP contribution in [0.2, 0.25) is 0 Å². The van der Waals surface area contributed by atoms with Crippen molar-refractivity contribution < 1.29 is 18.7 Å². The molecule has 6 heteroatoms. The number of oxazole rings is 1. The fourth-order valence-electron chi connectivity index (χ4n) is 4.93. The van der Waals surface area contributed by atoms with Gasteiger partial charge in [-0.05, 0) is 39.0 Å².